The minimum atomic E-state index is -4.69. The summed E-state index contributed by atoms with van der Waals surface area (Å²) in [5, 5.41) is 6.59. The molecule has 0 unspecified atom stereocenters. The number of sulfonamides is 1. The summed E-state index contributed by atoms with van der Waals surface area (Å²) < 4.78 is 67.9. The number of nitrogens with zero attached hydrogens (tertiary/aromatic N) is 5. The number of nitrogens with one attached hydrogen (secondary N) is 2. The molecular weight excluding hydrogens is 531 g/mol. The monoisotopic (exact) mass is 557 g/mol. The van der Waals surface area contributed by atoms with Gasteiger partial charge >= 0.3 is 6.18 Å². The molecular formula is C23H27ClF3N7O2S. The molecule has 0 atom stereocenters. The zero-order chi connectivity index (χ0) is 26.8. The molecule has 1 aliphatic heterocycles. The van der Waals surface area contributed by atoms with Crippen LogP contribution >= 0.6 is 11.6 Å². The standard InChI is InChI=1S/C23H27ClF3N7O2S/c1-28-9-6-15-4-3-5-19(20(15)24)33-13-18(30-14-33)21-17(23(25,26)27)12-29-22(32-21)31-16-7-10-34(11-8-16)37(2,35)36/h3-5,12-14,16,28H,6-11H2,1-2H3,(H,29,31,32). The normalized spacial score (nSPS) is 15.7. The molecule has 200 valence electrons. The summed E-state index contributed by atoms with van der Waals surface area (Å²) in [6.45, 7) is 1.34. The van der Waals surface area contributed by atoms with Crippen LogP contribution in [-0.2, 0) is 22.6 Å². The van der Waals surface area contributed by atoms with E-state index in [9.17, 15) is 21.6 Å². The molecule has 0 amide bonds. The van der Waals surface area contributed by atoms with Crippen LogP contribution in [0.2, 0.25) is 5.02 Å². The van der Waals surface area contributed by atoms with E-state index in [0.717, 1.165) is 24.6 Å². The Kier molecular flexibility index (Phi) is 8.07. The number of rotatable bonds is 8. The number of benzene rings is 1. The molecule has 1 aliphatic rings. The third-order valence-corrected chi connectivity index (χ3v) is 7.90. The van der Waals surface area contributed by atoms with Crippen LogP contribution < -0.4 is 10.6 Å². The molecule has 0 radical (unpaired) electrons. The van der Waals surface area contributed by atoms with Crippen molar-refractivity contribution < 1.29 is 21.6 Å². The smallest absolute Gasteiger partial charge is 0.351 e. The van der Waals surface area contributed by atoms with E-state index in [1.54, 1.807) is 10.6 Å². The Labute approximate surface area is 218 Å². The second-order valence-corrected chi connectivity index (χ2v) is 11.2. The first-order valence-electron chi connectivity index (χ1n) is 11.6. The van der Waals surface area contributed by atoms with Crippen LogP contribution in [-0.4, -0.2) is 71.2 Å². The quantitative estimate of drug-likeness (QED) is 0.436. The van der Waals surface area contributed by atoms with Crippen LogP contribution in [0, 0.1) is 0 Å². The lowest BCUT2D eigenvalue weighted by Crippen LogP contribution is -2.42. The van der Waals surface area contributed by atoms with Gasteiger partial charge < -0.3 is 15.2 Å². The van der Waals surface area contributed by atoms with Crippen LogP contribution in [0.4, 0.5) is 19.1 Å². The van der Waals surface area contributed by atoms with Gasteiger partial charge in [0, 0.05) is 31.5 Å². The highest BCUT2D eigenvalue weighted by atomic mass is 35.5. The number of hydrogen-bond donors (Lipinski definition) is 2. The van der Waals surface area contributed by atoms with E-state index in [1.807, 2.05) is 19.2 Å². The Morgan fingerprint density at radius 3 is 2.57 bits per heavy atom. The lowest BCUT2D eigenvalue weighted by molar-refractivity contribution is -0.137. The lowest BCUT2D eigenvalue weighted by Gasteiger charge is -2.30. The van der Waals surface area contributed by atoms with E-state index < -0.39 is 21.8 Å². The number of imidazole rings is 1. The van der Waals surface area contributed by atoms with Crippen molar-refractivity contribution >= 4 is 27.6 Å². The van der Waals surface area contributed by atoms with Gasteiger partial charge in [0.2, 0.25) is 16.0 Å². The van der Waals surface area contributed by atoms with E-state index in [4.69, 9.17) is 11.6 Å². The van der Waals surface area contributed by atoms with Gasteiger partial charge in [0.25, 0.3) is 0 Å². The first-order chi connectivity index (χ1) is 17.5. The van der Waals surface area contributed by atoms with E-state index in [0.29, 0.717) is 43.1 Å². The second kappa shape index (κ2) is 10.9. The molecule has 4 rings (SSSR count). The van der Waals surface area contributed by atoms with Crippen LogP contribution in [0.1, 0.15) is 24.0 Å². The van der Waals surface area contributed by atoms with Crippen LogP contribution in [0.15, 0.2) is 36.9 Å². The summed E-state index contributed by atoms with van der Waals surface area (Å²) in [6.07, 6.45) is 1.69. The van der Waals surface area contributed by atoms with E-state index in [2.05, 4.69) is 25.6 Å². The first kappa shape index (κ1) is 27.3. The molecule has 3 heterocycles. The Balaban J connectivity index is 1.61. The highest BCUT2D eigenvalue weighted by Crippen LogP contribution is 2.36. The number of anilines is 1. The molecule has 14 heteroatoms. The molecule has 1 fully saturated rings. The van der Waals surface area contributed by atoms with Gasteiger partial charge in [-0.2, -0.15) is 13.2 Å². The molecule has 2 aromatic heterocycles. The summed E-state index contributed by atoms with van der Waals surface area (Å²) in [5.41, 5.74) is 0.132. The van der Waals surface area contributed by atoms with E-state index in [-0.39, 0.29) is 23.4 Å². The first-order valence-corrected chi connectivity index (χ1v) is 13.8. The van der Waals surface area contributed by atoms with Crippen molar-refractivity contribution in [2.45, 2.75) is 31.5 Å². The third kappa shape index (κ3) is 6.40. The Hall–Kier alpha value is -2.74. The van der Waals surface area contributed by atoms with E-state index in [1.165, 1.54) is 16.8 Å². The van der Waals surface area contributed by atoms with Crippen molar-refractivity contribution in [1.82, 2.24) is 29.1 Å². The predicted molar refractivity (Wildman–Crippen MR) is 135 cm³/mol. The minimum absolute atomic E-state index is 0.0152. The Bertz CT molecular complexity index is 1360. The maximum absolute atomic E-state index is 13.8. The summed E-state index contributed by atoms with van der Waals surface area (Å²) in [4.78, 5) is 12.2. The predicted octanol–water partition coefficient (Wildman–Crippen LogP) is 3.60. The number of aromatic nitrogens is 4. The van der Waals surface area contributed by atoms with Gasteiger partial charge in [-0.1, -0.05) is 23.7 Å². The Morgan fingerprint density at radius 2 is 1.92 bits per heavy atom. The zero-order valence-corrected chi connectivity index (χ0v) is 21.8. The van der Waals surface area contributed by atoms with Crippen LogP contribution in [0.5, 0.6) is 0 Å². The average Bonchev–Trinajstić information content (AvgIpc) is 3.32. The van der Waals surface area contributed by atoms with Crippen molar-refractivity contribution in [3.63, 3.8) is 0 Å². The lowest BCUT2D eigenvalue weighted by atomic mass is 10.1. The molecule has 0 bridgehead atoms. The van der Waals surface area contributed by atoms with Crippen molar-refractivity contribution in [1.29, 1.82) is 0 Å². The Morgan fingerprint density at radius 1 is 1.19 bits per heavy atom. The average molecular weight is 558 g/mol. The van der Waals surface area contributed by atoms with Crippen molar-refractivity contribution in [3.05, 3.63) is 53.1 Å². The van der Waals surface area contributed by atoms with Crippen molar-refractivity contribution in [2.75, 3.05) is 38.3 Å². The highest BCUT2D eigenvalue weighted by molar-refractivity contribution is 7.88. The maximum atomic E-state index is 13.8. The maximum Gasteiger partial charge on any atom is 0.420 e. The van der Waals surface area contributed by atoms with Gasteiger partial charge in [-0.25, -0.2) is 27.7 Å². The number of alkyl halides is 3. The number of halogens is 4. The van der Waals surface area contributed by atoms with Crippen molar-refractivity contribution in [3.8, 4) is 17.1 Å². The third-order valence-electron chi connectivity index (χ3n) is 6.16. The molecule has 2 N–H and O–H groups in total. The summed E-state index contributed by atoms with van der Waals surface area (Å²) in [5.74, 6) is 0.0162. The van der Waals surface area contributed by atoms with Gasteiger partial charge in [0.1, 0.15) is 23.3 Å². The van der Waals surface area contributed by atoms with Gasteiger partial charge in [0.15, 0.2) is 0 Å². The molecule has 0 spiro atoms. The fourth-order valence-electron chi connectivity index (χ4n) is 4.16. The number of likely N-dealkylation sites (N-methyl/N-ethyl adjacent to an activating group) is 1. The van der Waals surface area contributed by atoms with Gasteiger partial charge in [0.05, 0.1) is 17.0 Å². The molecule has 1 saturated heterocycles. The van der Waals surface area contributed by atoms with Gasteiger partial charge in [-0.05, 0) is 44.5 Å². The molecule has 3 aromatic rings. The largest absolute Gasteiger partial charge is 0.420 e. The minimum Gasteiger partial charge on any atom is -0.351 e. The van der Waals surface area contributed by atoms with Crippen LogP contribution in [0.25, 0.3) is 17.1 Å². The van der Waals surface area contributed by atoms with Gasteiger partial charge in [-0.3, -0.25) is 0 Å². The highest BCUT2D eigenvalue weighted by Gasteiger charge is 2.36. The van der Waals surface area contributed by atoms with E-state index >= 15 is 0 Å². The summed E-state index contributed by atoms with van der Waals surface area (Å²) in [7, 11) is -1.46. The molecule has 37 heavy (non-hydrogen) atoms. The topological polar surface area (TPSA) is 105 Å². The van der Waals surface area contributed by atoms with Crippen LogP contribution in [0.3, 0.4) is 0 Å². The zero-order valence-electron chi connectivity index (χ0n) is 20.3. The number of piperidine rings is 1. The van der Waals surface area contributed by atoms with Crippen molar-refractivity contribution in [2.24, 2.45) is 0 Å². The summed E-state index contributed by atoms with van der Waals surface area (Å²) in [6, 6.07) is 5.30. The van der Waals surface area contributed by atoms with Gasteiger partial charge in [-0.15, -0.1) is 0 Å². The second-order valence-electron chi connectivity index (χ2n) is 8.80. The molecule has 1 aromatic carbocycles. The fraction of sp³-hybridized carbons (Fsp3) is 0.435. The molecule has 0 aliphatic carbocycles. The molecule has 9 nitrogen and oxygen atoms in total. The summed E-state index contributed by atoms with van der Waals surface area (Å²) >= 11 is 6.58. The molecule has 0 saturated carbocycles. The SMILES string of the molecule is CNCCc1cccc(-n2cnc(-c3nc(NC4CCN(S(C)(=O)=O)CC4)ncc3C(F)(F)F)c2)c1Cl. The number of hydrogen-bond acceptors (Lipinski definition) is 7. The fourth-order valence-corrected chi connectivity index (χ4v) is 5.36.